The lowest BCUT2D eigenvalue weighted by Gasteiger charge is -2.34. The Hall–Kier alpha value is -1.58. The summed E-state index contributed by atoms with van der Waals surface area (Å²) in [5.74, 6) is -0.300. The van der Waals surface area contributed by atoms with E-state index in [0.717, 1.165) is 18.7 Å². The number of primary amides is 1. The number of hydrogen-bond donors (Lipinski definition) is 1. The lowest BCUT2D eigenvalue weighted by atomic mass is 10.0. The van der Waals surface area contributed by atoms with Crippen LogP contribution in [0.3, 0.4) is 0 Å². The number of rotatable bonds is 2. The molecule has 1 amide bonds. The van der Waals surface area contributed by atoms with Crippen LogP contribution in [0.2, 0.25) is 0 Å². The maximum atomic E-state index is 11.3. The monoisotopic (exact) mass is 203 g/mol. The molecule has 0 aliphatic carbocycles. The van der Waals surface area contributed by atoms with E-state index in [1.54, 1.807) is 12.4 Å². The van der Waals surface area contributed by atoms with Gasteiger partial charge in [-0.15, -0.1) is 0 Å². The molecule has 4 nitrogen and oxygen atoms in total. The molecule has 1 saturated heterocycles. The number of anilines is 1. The lowest BCUT2D eigenvalue weighted by Crippen LogP contribution is -2.48. The molecule has 1 aliphatic rings. The number of hydrogen-bond acceptors (Lipinski definition) is 3. The molecular weight excluding hydrogens is 190 g/mol. The van der Waals surface area contributed by atoms with Gasteiger partial charge in [-0.3, -0.25) is 9.78 Å². The van der Waals surface area contributed by atoms with Crippen molar-refractivity contribution in [1.29, 1.82) is 0 Å². The third-order valence-electron chi connectivity index (χ3n) is 2.55. The molecular formula is C11H13N3O. The van der Waals surface area contributed by atoms with E-state index in [2.05, 4.69) is 11.4 Å². The Morgan fingerprint density at radius 3 is 3.20 bits per heavy atom. The summed E-state index contributed by atoms with van der Waals surface area (Å²) in [6.07, 6.45) is 8.08. The van der Waals surface area contributed by atoms with Crippen LogP contribution in [0, 0.1) is 6.42 Å². The number of aromatic nitrogens is 1. The summed E-state index contributed by atoms with van der Waals surface area (Å²) >= 11 is 0. The first-order valence-electron chi connectivity index (χ1n) is 4.96. The third-order valence-corrected chi connectivity index (χ3v) is 2.55. The standard InChI is InChI=1S/C11H13N3O/c12-11(15)10-5-1-2-7-14(10)9-4-3-6-13-8-9/h3-4,6,8,10H,2,5,7H2,(H2,12,15). The second-order valence-electron chi connectivity index (χ2n) is 3.53. The van der Waals surface area contributed by atoms with Gasteiger partial charge >= 0.3 is 0 Å². The highest BCUT2D eigenvalue weighted by atomic mass is 16.1. The predicted octanol–water partition coefficient (Wildman–Crippen LogP) is 0.617. The second kappa shape index (κ2) is 4.29. The Morgan fingerprint density at radius 1 is 1.67 bits per heavy atom. The van der Waals surface area contributed by atoms with Crippen molar-refractivity contribution < 1.29 is 4.79 Å². The van der Waals surface area contributed by atoms with Crippen molar-refractivity contribution in [3.8, 4) is 0 Å². The second-order valence-corrected chi connectivity index (χ2v) is 3.53. The van der Waals surface area contributed by atoms with Crippen molar-refractivity contribution in [2.24, 2.45) is 5.73 Å². The quantitative estimate of drug-likeness (QED) is 0.766. The van der Waals surface area contributed by atoms with Gasteiger partial charge in [-0.2, -0.15) is 0 Å². The van der Waals surface area contributed by atoms with Crippen LogP contribution in [0.15, 0.2) is 24.5 Å². The number of nitrogens with zero attached hydrogens (tertiary/aromatic N) is 2. The summed E-state index contributed by atoms with van der Waals surface area (Å²) in [6, 6.07) is 3.52. The van der Waals surface area contributed by atoms with Crippen LogP contribution in [-0.4, -0.2) is 23.5 Å². The molecule has 4 heteroatoms. The minimum absolute atomic E-state index is 0.275. The van der Waals surface area contributed by atoms with Crippen LogP contribution in [0.4, 0.5) is 5.69 Å². The molecule has 1 unspecified atom stereocenters. The zero-order valence-corrected chi connectivity index (χ0v) is 8.39. The van der Waals surface area contributed by atoms with Gasteiger partial charge in [0.25, 0.3) is 0 Å². The number of amides is 1. The molecule has 0 spiro atoms. The van der Waals surface area contributed by atoms with E-state index in [1.807, 2.05) is 17.0 Å². The van der Waals surface area contributed by atoms with E-state index in [1.165, 1.54) is 0 Å². The molecule has 0 saturated carbocycles. The molecule has 78 valence electrons. The topological polar surface area (TPSA) is 59.2 Å². The van der Waals surface area contributed by atoms with Crippen LogP contribution < -0.4 is 10.6 Å². The van der Waals surface area contributed by atoms with Crippen molar-refractivity contribution in [2.45, 2.75) is 18.9 Å². The molecule has 2 heterocycles. The molecule has 1 aromatic rings. The van der Waals surface area contributed by atoms with Crippen LogP contribution in [0.25, 0.3) is 0 Å². The van der Waals surface area contributed by atoms with E-state index < -0.39 is 0 Å². The first-order valence-corrected chi connectivity index (χ1v) is 4.96. The van der Waals surface area contributed by atoms with Crippen molar-refractivity contribution in [3.63, 3.8) is 0 Å². The van der Waals surface area contributed by atoms with Gasteiger partial charge in [0.05, 0.1) is 11.9 Å². The fraction of sp³-hybridized carbons (Fsp3) is 0.364. The largest absolute Gasteiger partial charge is 0.368 e. The normalized spacial score (nSPS) is 21.3. The van der Waals surface area contributed by atoms with E-state index in [4.69, 9.17) is 5.73 Å². The Labute approximate surface area is 89.1 Å². The Kier molecular flexibility index (Phi) is 2.85. The average Bonchev–Trinajstić information content (AvgIpc) is 2.30. The summed E-state index contributed by atoms with van der Waals surface area (Å²) < 4.78 is 0. The van der Waals surface area contributed by atoms with Crippen LogP contribution in [-0.2, 0) is 4.79 Å². The maximum absolute atomic E-state index is 11.3. The molecule has 1 atom stereocenters. The molecule has 2 radical (unpaired) electrons. The maximum Gasteiger partial charge on any atom is 0.240 e. The number of nitrogens with two attached hydrogens (primary N) is 1. The van der Waals surface area contributed by atoms with E-state index >= 15 is 0 Å². The lowest BCUT2D eigenvalue weighted by molar-refractivity contribution is -0.119. The van der Waals surface area contributed by atoms with Crippen molar-refractivity contribution in [3.05, 3.63) is 30.9 Å². The molecule has 2 N–H and O–H groups in total. The molecule has 2 rings (SSSR count). The molecule has 1 fully saturated rings. The molecule has 1 aliphatic heterocycles. The third kappa shape index (κ3) is 2.09. The van der Waals surface area contributed by atoms with E-state index in [9.17, 15) is 4.79 Å². The SMILES string of the molecule is NC(=O)C1C[C]CCN1c1cccnc1. The average molecular weight is 203 g/mol. The summed E-state index contributed by atoms with van der Waals surface area (Å²) in [5, 5.41) is 0. The highest BCUT2D eigenvalue weighted by Gasteiger charge is 2.27. The molecule has 15 heavy (non-hydrogen) atoms. The summed E-state index contributed by atoms with van der Waals surface area (Å²) in [4.78, 5) is 17.3. The summed E-state index contributed by atoms with van der Waals surface area (Å²) in [7, 11) is 0. The first kappa shape index (κ1) is 9.96. The van der Waals surface area contributed by atoms with Crippen molar-refractivity contribution >= 4 is 11.6 Å². The summed E-state index contributed by atoms with van der Waals surface area (Å²) in [5.41, 5.74) is 6.30. The zero-order chi connectivity index (χ0) is 10.7. The fourth-order valence-corrected chi connectivity index (χ4v) is 1.79. The Balaban J connectivity index is 2.22. The van der Waals surface area contributed by atoms with Gasteiger partial charge in [-0.1, -0.05) is 0 Å². The van der Waals surface area contributed by atoms with Crippen LogP contribution in [0.5, 0.6) is 0 Å². The highest BCUT2D eigenvalue weighted by molar-refractivity contribution is 5.84. The highest BCUT2D eigenvalue weighted by Crippen LogP contribution is 2.22. The zero-order valence-electron chi connectivity index (χ0n) is 8.39. The van der Waals surface area contributed by atoms with Gasteiger partial charge in [0, 0.05) is 12.7 Å². The van der Waals surface area contributed by atoms with Gasteiger partial charge in [-0.25, -0.2) is 0 Å². The van der Waals surface area contributed by atoms with Gasteiger partial charge in [0.1, 0.15) is 6.04 Å². The number of carbonyl (C=O) groups excluding carboxylic acids is 1. The van der Waals surface area contributed by atoms with Gasteiger partial charge < -0.3 is 10.6 Å². The molecule has 0 aromatic carbocycles. The van der Waals surface area contributed by atoms with Crippen molar-refractivity contribution in [1.82, 2.24) is 4.98 Å². The Morgan fingerprint density at radius 2 is 2.53 bits per heavy atom. The smallest absolute Gasteiger partial charge is 0.240 e. The van der Waals surface area contributed by atoms with Crippen LogP contribution in [0.1, 0.15) is 12.8 Å². The first-order chi connectivity index (χ1) is 7.29. The van der Waals surface area contributed by atoms with Gasteiger partial charge in [0.2, 0.25) is 5.91 Å². The number of piperidine rings is 1. The van der Waals surface area contributed by atoms with Crippen LogP contribution >= 0.6 is 0 Å². The minimum atomic E-state index is -0.300. The van der Waals surface area contributed by atoms with Gasteiger partial charge in [-0.05, 0) is 31.4 Å². The summed E-state index contributed by atoms with van der Waals surface area (Å²) in [6.45, 7) is 0.777. The number of carbonyl (C=O) groups is 1. The fourth-order valence-electron chi connectivity index (χ4n) is 1.79. The number of pyridine rings is 1. The van der Waals surface area contributed by atoms with E-state index in [0.29, 0.717) is 6.42 Å². The minimum Gasteiger partial charge on any atom is -0.368 e. The molecule has 1 aromatic heterocycles. The predicted molar refractivity (Wildman–Crippen MR) is 57.0 cm³/mol. The molecule has 0 bridgehead atoms. The van der Waals surface area contributed by atoms with E-state index in [-0.39, 0.29) is 11.9 Å². The van der Waals surface area contributed by atoms with Crippen molar-refractivity contribution in [2.75, 3.05) is 11.4 Å². The van der Waals surface area contributed by atoms with Gasteiger partial charge in [0.15, 0.2) is 0 Å². The Bertz CT molecular complexity index is 339.